The second kappa shape index (κ2) is 7.12. The van der Waals surface area contributed by atoms with Gasteiger partial charge in [-0.25, -0.2) is 0 Å². The van der Waals surface area contributed by atoms with Crippen LogP contribution in [0.5, 0.6) is 0 Å². The van der Waals surface area contributed by atoms with Crippen molar-refractivity contribution in [1.29, 1.82) is 0 Å². The molecule has 1 rings (SSSR count). The van der Waals surface area contributed by atoms with Crippen LogP contribution in [0.15, 0.2) is 30.3 Å². The second-order valence-corrected chi connectivity index (χ2v) is 5.98. The van der Waals surface area contributed by atoms with E-state index in [-0.39, 0.29) is 17.2 Å². The lowest BCUT2D eigenvalue weighted by atomic mass is 9.81. The third-order valence-corrected chi connectivity index (χ3v) is 3.23. The average molecular weight is 273 g/mol. The Kier molecular flexibility index (Phi) is 5.79. The third-order valence-electron chi connectivity index (χ3n) is 3.23. The summed E-state index contributed by atoms with van der Waals surface area (Å²) in [6.45, 7) is 8.19. The van der Waals surface area contributed by atoms with E-state index in [2.05, 4.69) is 17.2 Å². The maximum absolute atomic E-state index is 11.7. The van der Waals surface area contributed by atoms with E-state index in [0.29, 0.717) is 6.54 Å². The summed E-state index contributed by atoms with van der Waals surface area (Å²) in [5, 5.41) is 12.8. The Morgan fingerprint density at radius 3 is 2.45 bits per heavy atom. The number of rotatable bonds is 4. The molecule has 2 N–H and O–H groups in total. The molecule has 108 valence electrons. The summed E-state index contributed by atoms with van der Waals surface area (Å²) in [4.78, 5) is 11.7. The van der Waals surface area contributed by atoms with Gasteiger partial charge in [0, 0.05) is 23.4 Å². The van der Waals surface area contributed by atoms with Gasteiger partial charge in [0.2, 0.25) is 0 Å². The normalized spacial score (nSPS) is 12.5. The van der Waals surface area contributed by atoms with E-state index in [1.165, 1.54) is 0 Å². The lowest BCUT2D eigenvalue weighted by molar-refractivity contribution is -0.116. The van der Waals surface area contributed by atoms with E-state index < -0.39 is 6.10 Å². The zero-order chi connectivity index (χ0) is 15.2. The Morgan fingerprint density at radius 1 is 1.30 bits per heavy atom. The Hall–Kier alpha value is -1.79. The molecule has 0 saturated heterocycles. The van der Waals surface area contributed by atoms with Crippen molar-refractivity contribution in [2.24, 2.45) is 11.3 Å². The molecule has 0 aliphatic heterocycles. The van der Waals surface area contributed by atoms with E-state index in [4.69, 9.17) is 0 Å². The molecule has 3 heteroatoms. The number of carbonyl (C=O) groups excluding carboxylic acids is 1. The van der Waals surface area contributed by atoms with Gasteiger partial charge >= 0.3 is 0 Å². The average Bonchev–Trinajstić information content (AvgIpc) is 2.43. The van der Waals surface area contributed by atoms with Crippen molar-refractivity contribution in [2.75, 3.05) is 6.54 Å². The Balaban J connectivity index is 2.54. The zero-order valence-corrected chi connectivity index (χ0v) is 12.6. The largest absolute Gasteiger partial charge is 0.392 e. The van der Waals surface area contributed by atoms with Gasteiger partial charge in [-0.1, -0.05) is 51.8 Å². The number of hydrogen-bond acceptors (Lipinski definition) is 2. The van der Waals surface area contributed by atoms with Crippen molar-refractivity contribution in [3.8, 4) is 11.8 Å². The lowest BCUT2D eigenvalue weighted by Gasteiger charge is -2.33. The van der Waals surface area contributed by atoms with Crippen LogP contribution in [0, 0.1) is 23.2 Å². The van der Waals surface area contributed by atoms with Gasteiger partial charge in [0.15, 0.2) is 0 Å². The highest BCUT2D eigenvalue weighted by Gasteiger charge is 2.30. The third kappa shape index (κ3) is 5.07. The number of amides is 1. The molecule has 0 fully saturated rings. The SMILES string of the molecule is CC(C)C(O)C(C)(C)CNC(=O)C#Cc1ccccc1. The monoisotopic (exact) mass is 273 g/mol. The molecular weight excluding hydrogens is 250 g/mol. The fourth-order valence-corrected chi connectivity index (χ4v) is 2.01. The molecule has 0 aliphatic carbocycles. The van der Waals surface area contributed by atoms with Crippen LogP contribution in [0.4, 0.5) is 0 Å². The number of aliphatic hydroxyl groups excluding tert-OH is 1. The summed E-state index contributed by atoms with van der Waals surface area (Å²) < 4.78 is 0. The molecule has 1 unspecified atom stereocenters. The van der Waals surface area contributed by atoms with Crippen LogP contribution in [0.25, 0.3) is 0 Å². The first-order valence-electron chi connectivity index (χ1n) is 6.86. The minimum atomic E-state index is -0.468. The Labute approximate surface area is 121 Å². The molecule has 0 aromatic heterocycles. The Morgan fingerprint density at radius 2 is 1.90 bits per heavy atom. The molecule has 0 heterocycles. The van der Waals surface area contributed by atoms with Crippen LogP contribution < -0.4 is 5.32 Å². The molecule has 0 aliphatic rings. The molecule has 1 aromatic rings. The standard InChI is InChI=1S/C17H23NO2/c1-13(2)16(20)17(3,4)12-18-15(19)11-10-14-8-6-5-7-9-14/h5-9,13,16,20H,12H2,1-4H3,(H,18,19). The molecule has 0 bridgehead atoms. The maximum atomic E-state index is 11.7. The summed E-state index contributed by atoms with van der Waals surface area (Å²) >= 11 is 0. The van der Waals surface area contributed by atoms with Gasteiger partial charge < -0.3 is 10.4 Å². The van der Waals surface area contributed by atoms with E-state index in [9.17, 15) is 9.90 Å². The molecule has 1 atom stereocenters. The number of carbonyl (C=O) groups is 1. The first-order valence-corrected chi connectivity index (χ1v) is 6.86. The van der Waals surface area contributed by atoms with Crippen molar-refractivity contribution in [2.45, 2.75) is 33.8 Å². The van der Waals surface area contributed by atoms with Crippen LogP contribution in [0.2, 0.25) is 0 Å². The maximum Gasteiger partial charge on any atom is 0.296 e. The van der Waals surface area contributed by atoms with Crippen LogP contribution in [0.3, 0.4) is 0 Å². The van der Waals surface area contributed by atoms with Crippen LogP contribution in [-0.4, -0.2) is 23.7 Å². The topological polar surface area (TPSA) is 49.3 Å². The number of benzene rings is 1. The summed E-state index contributed by atoms with van der Waals surface area (Å²) in [5.41, 5.74) is 0.433. The fourth-order valence-electron chi connectivity index (χ4n) is 2.01. The predicted molar refractivity (Wildman–Crippen MR) is 81.0 cm³/mol. The smallest absolute Gasteiger partial charge is 0.296 e. The summed E-state index contributed by atoms with van der Waals surface area (Å²) in [5.74, 6) is 5.19. The highest BCUT2D eigenvalue weighted by atomic mass is 16.3. The number of hydrogen-bond donors (Lipinski definition) is 2. The van der Waals surface area contributed by atoms with Gasteiger partial charge in [0.1, 0.15) is 0 Å². The van der Waals surface area contributed by atoms with Crippen molar-refractivity contribution in [3.63, 3.8) is 0 Å². The van der Waals surface area contributed by atoms with Crippen LogP contribution >= 0.6 is 0 Å². The summed E-state index contributed by atoms with van der Waals surface area (Å²) in [6, 6.07) is 9.37. The first kappa shape index (κ1) is 16.3. The van der Waals surface area contributed by atoms with E-state index in [1.807, 2.05) is 58.0 Å². The van der Waals surface area contributed by atoms with E-state index in [0.717, 1.165) is 5.56 Å². The van der Waals surface area contributed by atoms with Crippen molar-refractivity contribution >= 4 is 5.91 Å². The second-order valence-electron chi connectivity index (χ2n) is 5.98. The lowest BCUT2D eigenvalue weighted by Crippen LogP contribution is -2.43. The molecule has 3 nitrogen and oxygen atoms in total. The van der Waals surface area contributed by atoms with Gasteiger partial charge in [-0.15, -0.1) is 0 Å². The fraction of sp³-hybridized carbons (Fsp3) is 0.471. The molecule has 20 heavy (non-hydrogen) atoms. The van der Waals surface area contributed by atoms with Gasteiger partial charge in [-0.2, -0.15) is 0 Å². The summed E-state index contributed by atoms with van der Waals surface area (Å²) in [7, 11) is 0. The first-order chi connectivity index (χ1) is 9.33. The summed E-state index contributed by atoms with van der Waals surface area (Å²) in [6.07, 6.45) is -0.468. The molecule has 0 spiro atoms. The van der Waals surface area contributed by atoms with Gasteiger partial charge in [0.25, 0.3) is 5.91 Å². The van der Waals surface area contributed by atoms with Crippen molar-refractivity contribution in [1.82, 2.24) is 5.32 Å². The minimum Gasteiger partial charge on any atom is -0.392 e. The minimum absolute atomic E-state index is 0.150. The number of nitrogens with one attached hydrogen (secondary N) is 1. The van der Waals surface area contributed by atoms with Crippen molar-refractivity contribution in [3.05, 3.63) is 35.9 Å². The quantitative estimate of drug-likeness (QED) is 0.826. The molecule has 0 saturated carbocycles. The highest BCUT2D eigenvalue weighted by molar-refractivity contribution is 5.94. The zero-order valence-electron chi connectivity index (χ0n) is 12.6. The molecular formula is C17H23NO2. The van der Waals surface area contributed by atoms with Crippen LogP contribution in [-0.2, 0) is 4.79 Å². The van der Waals surface area contributed by atoms with E-state index >= 15 is 0 Å². The molecule has 0 radical (unpaired) electrons. The van der Waals surface area contributed by atoms with Crippen LogP contribution in [0.1, 0.15) is 33.3 Å². The van der Waals surface area contributed by atoms with Gasteiger partial charge in [-0.3, -0.25) is 4.79 Å². The van der Waals surface area contributed by atoms with E-state index in [1.54, 1.807) is 0 Å². The highest BCUT2D eigenvalue weighted by Crippen LogP contribution is 2.24. The van der Waals surface area contributed by atoms with Gasteiger partial charge in [0.05, 0.1) is 6.10 Å². The predicted octanol–water partition coefficient (Wildman–Crippen LogP) is 2.20. The molecule has 1 aromatic carbocycles. The molecule has 1 amide bonds. The van der Waals surface area contributed by atoms with Crippen molar-refractivity contribution < 1.29 is 9.90 Å². The van der Waals surface area contributed by atoms with Gasteiger partial charge in [-0.05, 0) is 18.1 Å². The Bertz CT molecular complexity index is 495. The number of aliphatic hydroxyl groups is 1.